The third-order valence-electron chi connectivity index (χ3n) is 6.61. The molecule has 38 heavy (non-hydrogen) atoms. The lowest BCUT2D eigenvalue weighted by atomic mass is 10.00. The van der Waals surface area contributed by atoms with E-state index < -0.39 is 18.1 Å². The number of nitrogens with one attached hydrogen (secondary N) is 2. The van der Waals surface area contributed by atoms with Crippen molar-refractivity contribution >= 4 is 6.09 Å². The first kappa shape index (κ1) is 27.6. The largest absolute Gasteiger partial charge is 0.493 e. The summed E-state index contributed by atoms with van der Waals surface area (Å²) >= 11 is 0. The average Bonchev–Trinajstić information content (AvgIpc) is 2.95. The molecule has 0 bridgehead atoms. The number of nitrogens with zero attached hydrogens (tertiary/aromatic N) is 1. The Hall–Kier alpha value is -3.42. The van der Waals surface area contributed by atoms with Crippen LogP contribution in [0.3, 0.4) is 0 Å². The van der Waals surface area contributed by atoms with Gasteiger partial charge in [-0.25, -0.2) is 9.18 Å². The van der Waals surface area contributed by atoms with Crippen LogP contribution in [0.25, 0.3) is 0 Å². The van der Waals surface area contributed by atoms with Gasteiger partial charge in [-0.1, -0.05) is 86.6 Å². The fourth-order valence-electron chi connectivity index (χ4n) is 4.46. The number of likely N-dealkylation sites (tertiary alicyclic amines) is 1. The van der Waals surface area contributed by atoms with Crippen LogP contribution < -0.4 is 15.4 Å². The van der Waals surface area contributed by atoms with Gasteiger partial charge in [0.05, 0.1) is 13.2 Å². The predicted molar refractivity (Wildman–Crippen MR) is 147 cm³/mol. The number of carbonyl (C=O) groups excluding carboxylic acids is 1. The molecular weight excluding hydrogens is 481 g/mol. The molecule has 2 unspecified atom stereocenters. The number of carbonyl (C=O) groups is 1. The van der Waals surface area contributed by atoms with Crippen molar-refractivity contribution in [3.63, 3.8) is 0 Å². The quantitative estimate of drug-likeness (QED) is 0.303. The molecule has 4 rings (SSSR count). The fraction of sp³-hybridized carbons (Fsp3) is 0.387. The van der Waals surface area contributed by atoms with E-state index in [0.717, 1.165) is 22.4 Å². The average molecular weight is 520 g/mol. The van der Waals surface area contributed by atoms with Crippen molar-refractivity contribution in [2.45, 2.75) is 58.3 Å². The molecule has 0 aromatic heterocycles. The number of benzene rings is 3. The third kappa shape index (κ3) is 7.79. The molecule has 2 N–H and O–H groups in total. The van der Waals surface area contributed by atoms with Crippen LogP contribution >= 0.6 is 0 Å². The van der Waals surface area contributed by atoms with Gasteiger partial charge >= 0.3 is 6.09 Å². The minimum atomic E-state index is -1.12. The molecule has 1 aliphatic rings. The molecule has 0 spiro atoms. The van der Waals surface area contributed by atoms with Crippen molar-refractivity contribution < 1.29 is 18.7 Å². The number of piperidine rings is 1. The zero-order chi connectivity index (χ0) is 26.8. The van der Waals surface area contributed by atoms with E-state index in [9.17, 15) is 9.18 Å². The summed E-state index contributed by atoms with van der Waals surface area (Å²) in [7, 11) is 0. The van der Waals surface area contributed by atoms with Gasteiger partial charge in [-0.2, -0.15) is 0 Å². The Morgan fingerprint density at radius 2 is 1.50 bits per heavy atom. The number of hydrogen-bond donors (Lipinski definition) is 2. The van der Waals surface area contributed by atoms with Crippen LogP contribution in [-0.2, 0) is 24.4 Å². The van der Waals surface area contributed by atoms with Crippen molar-refractivity contribution in [3.8, 4) is 5.75 Å². The topological polar surface area (TPSA) is 62.8 Å². The van der Waals surface area contributed by atoms with Gasteiger partial charge in [0.1, 0.15) is 18.5 Å². The van der Waals surface area contributed by atoms with Crippen LogP contribution in [0.2, 0.25) is 0 Å². The van der Waals surface area contributed by atoms with Crippen LogP contribution in [0.4, 0.5) is 9.18 Å². The number of amides is 1. The standard InChI is InChI=1S/C31H38FN3O3/c1-24(2)22-37-29-15-13-26(14-16-29)20-34-31(33-19-25-9-5-3-6-10-25)18-17-28(32)21-35(31)30(36)38-23-27-11-7-4-8-12-27/h3-16,24,28,33-34H,17-23H2,1-2H3. The summed E-state index contributed by atoms with van der Waals surface area (Å²) in [6.45, 7) is 5.95. The van der Waals surface area contributed by atoms with Gasteiger partial charge in [0.25, 0.3) is 0 Å². The second-order valence-electron chi connectivity index (χ2n) is 10.2. The first-order valence-electron chi connectivity index (χ1n) is 13.3. The first-order chi connectivity index (χ1) is 18.4. The molecule has 1 amide bonds. The van der Waals surface area contributed by atoms with Gasteiger partial charge in [0, 0.05) is 19.5 Å². The second-order valence-corrected chi connectivity index (χ2v) is 10.2. The fourth-order valence-corrected chi connectivity index (χ4v) is 4.46. The number of hydrogen-bond acceptors (Lipinski definition) is 5. The molecule has 1 heterocycles. The lowest BCUT2D eigenvalue weighted by molar-refractivity contribution is -0.0395. The summed E-state index contributed by atoms with van der Waals surface area (Å²) in [5.74, 6) is 0.299. The van der Waals surface area contributed by atoms with E-state index in [1.54, 1.807) is 0 Å². The van der Waals surface area contributed by atoms with Crippen molar-refractivity contribution in [1.82, 2.24) is 15.5 Å². The van der Waals surface area contributed by atoms with E-state index in [4.69, 9.17) is 9.47 Å². The Balaban J connectivity index is 1.51. The van der Waals surface area contributed by atoms with E-state index in [1.807, 2.05) is 84.9 Å². The molecule has 1 fully saturated rings. The number of ether oxygens (including phenoxy) is 2. The summed E-state index contributed by atoms with van der Waals surface area (Å²) in [6, 6.07) is 27.4. The molecule has 6 nitrogen and oxygen atoms in total. The van der Waals surface area contributed by atoms with Gasteiger partial charge in [0.2, 0.25) is 0 Å². The molecule has 7 heteroatoms. The maximum atomic E-state index is 14.7. The highest BCUT2D eigenvalue weighted by atomic mass is 19.1. The lowest BCUT2D eigenvalue weighted by Crippen LogP contribution is -2.71. The van der Waals surface area contributed by atoms with Gasteiger partial charge in [-0.05, 0) is 41.2 Å². The Labute approximate surface area is 225 Å². The highest BCUT2D eigenvalue weighted by molar-refractivity contribution is 5.69. The van der Waals surface area contributed by atoms with Crippen molar-refractivity contribution in [3.05, 3.63) is 102 Å². The van der Waals surface area contributed by atoms with Gasteiger partial charge in [-0.3, -0.25) is 15.5 Å². The highest BCUT2D eigenvalue weighted by Crippen LogP contribution is 2.28. The molecule has 0 saturated carbocycles. The number of rotatable bonds is 11. The van der Waals surface area contributed by atoms with E-state index in [0.29, 0.717) is 38.5 Å². The predicted octanol–water partition coefficient (Wildman–Crippen LogP) is 6.03. The minimum Gasteiger partial charge on any atom is -0.493 e. The Morgan fingerprint density at radius 1 is 0.921 bits per heavy atom. The molecule has 2 atom stereocenters. The Bertz CT molecular complexity index is 1130. The minimum absolute atomic E-state index is 0.0512. The van der Waals surface area contributed by atoms with E-state index >= 15 is 0 Å². The van der Waals surface area contributed by atoms with Crippen molar-refractivity contribution in [1.29, 1.82) is 0 Å². The lowest BCUT2D eigenvalue weighted by Gasteiger charge is -2.48. The van der Waals surface area contributed by atoms with Crippen LogP contribution in [0.1, 0.15) is 43.4 Å². The summed E-state index contributed by atoms with van der Waals surface area (Å²) in [5.41, 5.74) is 2.98. The summed E-state index contributed by atoms with van der Waals surface area (Å²) in [5, 5.41) is 7.09. The molecule has 1 aliphatic heterocycles. The van der Waals surface area contributed by atoms with E-state index in [-0.39, 0.29) is 13.2 Å². The van der Waals surface area contributed by atoms with Gasteiger partial charge < -0.3 is 9.47 Å². The molecule has 3 aromatic rings. The molecule has 0 aliphatic carbocycles. The number of halogens is 1. The van der Waals surface area contributed by atoms with E-state index in [2.05, 4.69) is 24.5 Å². The van der Waals surface area contributed by atoms with Crippen LogP contribution in [-0.4, -0.2) is 36.1 Å². The normalized spacial score (nSPS) is 19.4. The summed E-state index contributed by atoms with van der Waals surface area (Å²) in [6.07, 6.45) is -0.942. The van der Waals surface area contributed by atoms with Crippen LogP contribution in [0, 0.1) is 5.92 Å². The monoisotopic (exact) mass is 519 g/mol. The Morgan fingerprint density at radius 3 is 2.11 bits per heavy atom. The molecule has 1 saturated heterocycles. The second kappa shape index (κ2) is 13.4. The van der Waals surface area contributed by atoms with Crippen LogP contribution in [0.15, 0.2) is 84.9 Å². The third-order valence-corrected chi connectivity index (χ3v) is 6.61. The summed E-state index contributed by atoms with van der Waals surface area (Å²) in [4.78, 5) is 14.8. The van der Waals surface area contributed by atoms with Crippen molar-refractivity contribution in [2.75, 3.05) is 13.2 Å². The maximum Gasteiger partial charge on any atom is 0.412 e. The zero-order valence-corrected chi connectivity index (χ0v) is 22.2. The Kier molecular flexibility index (Phi) is 9.73. The first-order valence-corrected chi connectivity index (χ1v) is 13.3. The van der Waals surface area contributed by atoms with Gasteiger partial charge in [-0.15, -0.1) is 0 Å². The van der Waals surface area contributed by atoms with Gasteiger partial charge in [0.15, 0.2) is 5.79 Å². The molecule has 202 valence electrons. The highest BCUT2D eigenvalue weighted by Gasteiger charge is 2.45. The van der Waals surface area contributed by atoms with Crippen molar-refractivity contribution in [2.24, 2.45) is 5.92 Å². The SMILES string of the molecule is CC(C)COc1ccc(CNC2(NCc3ccccc3)CCC(F)CN2C(=O)OCc2ccccc2)cc1. The maximum absolute atomic E-state index is 14.7. The molecule has 3 aromatic carbocycles. The van der Waals surface area contributed by atoms with E-state index in [1.165, 1.54) is 4.90 Å². The smallest absolute Gasteiger partial charge is 0.412 e. The zero-order valence-electron chi connectivity index (χ0n) is 22.2. The molecule has 0 radical (unpaired) electrons. The molecular formula is C31H38FN3O3. The van der Waals surface area contributed by atoms with Crippen LogP contribution in [0.5, 0.6) is 5.75 Å². The number of alkyl halides is 1. The summed E-state index contributed by atoms with van der Waals surface area (Å²) < 4.78 is 26.1.